The van der Waals surface area contributed by atoms with E-state index in [0.717, 1.165) is 12.1 Å². The summed E-state index contributed by atoms with van der Waals surface area (Å²) in [6.45, 7) is 2.95. The van der Waals surface area contributed by atoms with E-state index in [9.17, 15) is 14.0 Å². The lowest BCUT2D eigenvalue weighted by molar-refractivity contribution is -0.130. The van der Waals surface area contributed by atoms with E-state index in [1.54, 1.807) is 34.7 Å². The van der Waals surface area contributed by atoms with E-state index in [4.69, 9.17) is 4.74 Å². The number of hydrogen-bond donors (Lipinski definition) is 0. The summed E-state index contributed by atoms with van der Waals surface area (Å²) in [5, 5.41) is 0. The number of nitrogens with zero attached hydrogens (tertiary/aromatic N) is 2. The maximum absolute atomic E-state index is 13.6. The molecule has 1 amide bonds. The lowest BCUT2D eigenvalue weighted by atomic mass is 10.1. The minimum atomic E-state index is -0.274. The minimum absolute atomic E-state index is 0.000454. The predicted molar refractivity (Wildman–Crippen MR) is 96.8 cm³/mol. The van der Waals surface area contributed by atoms with Gasteiger partial charge in [0.1, 0.15) is 17.7 Å². The highest BCUT2D eigenvalue weighted by molar-refractivity contribution is 5.76. The van der Waals surface area contributed by atoms with Gasteiger partial charge in [-0.3, -0.25) is 9.59 Å². The van der Waals surface area contributed by atoms with Crippen LogP contribution in [0.3, 0.4) is 0 Å². The zero-order valence-electron chi connectivity index (χ0n) is 15.1. The van der Waals surface area contributed by atoms with Gasteiger partial charge in [-0.2, -0.15) is 0 Å². The van der Waals surface area contributed by atoms with E-state index in [1.807, 2.05) is 13.0 Å². The molecule has 1 atom stereocenters. The monoisotopic (exact) mass is 358 g/mol. The molecule has 0 aliphatic carbocycles. The minimum Gasteiger partial charge on any atom is -0.488 e. The van der Waals surface area contributed by atoms with Crippen LogP contribution in [-0.2, 0) is 18.3 Å². The standard InChI is InChI=1S/C20H23FN2O3/c1-14-11-17(12-20(25)22(14)2)26-16-9-10-23(13-16)19(24)8-7-15-5-3-4-6-18(15)21/h3-6,11-12,16H,7-10,13H2,1-2H3. The summed E-state index contributed by atoms with van der Waals surface area (Å²) in [7, 11) is 1.72. The largest absolute Gasteiger partial charge is 0.488 e. The second kappa shape index (κ2) is 7.72. The van der Waals surface area contributed by atoms with Gasteiger partial charge in [0.2, 0.25) is 5.91 Å². The van der Waals surface area contributed by atoms with Gasteiger partial charge in [-0.1, -0.05) is 18.2 Å². The number of benzene rings is 1. The van der Waals surface area contributed by atoms with Crippen molar-refractivity contribution in [3.8, 4) is 5.75 Å². The third-order valence-electron chi connectivity index (χ3n) is 4.84. The molecule has 138 valence electrons. The molecule has 2 aromatic rings. The van der Waals surface area contributed by atoms with Crippen molar-refractivity contribution in [1.82, 2.24) is 9.47 Å². The van der Waals surface area contributed by atoms with Crippen LogP contribution in [0.4, 0.5) is 4.39 Å². The highest BCUT2D eigenvalue weighted by Crippen LogP contribution is 2.19. The summed E-state index contributed by atoms with van der Waals surface area (Å²) in [4.78, 5) is 26.0. The fraction of sp³-hybridized carbons (Fsp3) is 0.400. The third kappa shape index (κ3) is 4.12. The fourth-order valence-electron chi connectivity index (χ4n) is 3.15. The van der Waals surface area contributed by atoms with Gasteiger partial charge in [-0.25, -0.2) is 4.39 Å². The zero-order chi connectivity index (χ0) is 18.7. The number of hydrogen-bond acceptors (Lipinski definition) is 3. The van der Waals surface area contributed by atoms with Crippen molar-refractivity contribution in [3.63, 3.8) is 0 Å². The number of aromatic nitrogens is 1. The summed E-state index contributed by atoms with van der Waals surface area (Å²) < 4.78 is 21.1. The van der Waals surface area contributed by atoms with Crippen LogP contribution in [0.2, 0.25) is 0 Å². The van der Waals surface area contributed by atoms with E-state index in [1.165, 1.54) is 12.1 Å². The number of rotatable bonds is 5. The molecule has 1 aliphatic heterocycles. The Morgan fingerprint density at radius 1 is 1.31 bits per heavy atom. The molecule has 6 heteroatoms. The molecule has 5 nitrogen and oxygen atoms in total. The van der Waals surface area contributed by atoms with Crippen molar-refractivity contribution in [3.05, 3.63) is 63.8 Å². The first-order valence-electron chi connectivity index (χ1n) is 8.79. The van der Waals surface area contributed by atoms with Crippen LogP contribution in [0.25, 0.3) is 0 Å². The van der Waals surface area contributed by atoms with E-state index < -0.39 is 0 Å². The van der Waals surface area contributed by atoms with Crippen molar-refractivity contribution >= 4 is 5.91 Å². The van der Waals surface area contributed by atoms with Gasteiger partial charge in [-0.15, -0.1) is 0 Å². The average molecular weight is 358 g/mol. The zero-order valence-corrected chi connectivity index (χ0v) is 15.1. The first-order valence-corrected chi connectivity index (χ1v) is 8.79. The second-order valence-electron chi connectivity index (χ2n) is 6.69. The van der Waals surface area contributed by atoms with Crippen molar-refractivity contribution < 1.29 is 13.9 Å². The molecule has 3 rings (SSSR count). The van der Waals surface area contributed by atoms with Crippen LogP contribution in [0, 0.1) is 12.7 Å². The Kier molecular flexibility index (Phi) is 5.40. The Hall–Kier alpha value is -2.63. The number of ether oxygens (including phenoxy) is 1. The Labute approximate surface area is 152 Å². The molecule has 1 unspecified atom stereocenters. The van der Waals surface area contributed by atoms with Gasteiger partial charge in [0.05, 0.1) is 6.54 Å². The van der Waals surface area contributed by atoms with E-state index in [2.05, 4.69) is 0 Å². The maximum Gasteiger partial charge on any atom is 0.254 e. The number of amides is 1. The van der Waals surface area contributed by atoms with Gasteiger partial charge in [0.15, 0.2) is 0 Å². The van der Waals surface area contributed by atoms with Crippen molar-refractivity contribution in [2.24, 2.45) is 7.05 Å². The van der Waals surface area contributed by atoms with Gasteiger partial charge in [0.25, 0.3) is 5.56 Å². The van der Waals surface area contributed by atoms with Gasteiger partial charge >= 0.3 is 0 Å². The lowest BCUT2D eigenvalue weighted by Gasteiger charge is -2.18. The summed E-state index contributed by atoms with van der Waals surface area (Å²) in [5.74, 6) is 0.264. The number of aryl methyl sites for hydroxylation is 2. The molecular weight excluding hydrogens is 335 g/mol. The Bertz CT molecular complexity index is 862. The fourth-order valence-corrected chi connectivity index (χ4v) is 3.15. The highest BCUT2D eigenvalue weighted by atomic mass is 19.1. The number of carbonyl (C=O) groups is 1. The number of carbonyl (C=O) groups excluding carboxylic acids is 1. The van der Waals surface area contributed by atoms with Crippen molar-refractivity contribution in [2.45, 2.75) is 32.3 Å². The normalized spacial score (nSPS) is 16.7. The Morgan fingerprint density at radius 2 is 2.08 bits per heavy atom. The summed E-state index contributed by atoms with van der Waals surface area (Å²) in [6, 6.07) is 9.82. The topological polar surface area (TPSA) is 51.5 Å². The van der Waals surface area contributed by atoms with E-state index >= 15 is 0 Å². The summed E-state index contributed by atoms with van der Waals surface area (Å²) in [6.07, 6.45) is 1.26. The molecule has 1 fully saturated rings. The molecule has 0 radical (unpaired) electrons. The van der Waals surface area contributed by atoms with E-state index in [0.29, 0.717) is 30.8 Å². The van der Waals surface area contributed by atoms with Crippen LogP contribution in [0.1, 0.15) is 24.1 Å². The van der Waals surface area contributed by atoms with Crippen molar-refractivity contribution in [1.29, 1.82) is 0 Å². The molecule has 0 N–H and O–H groups in total. The van der Waals surface area contributed by atoms with Crippen LogP contribution in [-0.4, -0.2) is 34.6 Å². The molecule has 0 spiro atoms. The van der Waals surface area contributed by atoms with Crippen LogP contribution < -0.4 is 10.3 Å². The van der Waals surface area contributed by atoms with Crippen LogP contribution in [0.15, 0.2) is 41.2 Å². The molecule has 0 bridgehead atoms. The number of likely N-dealkylation sites (tertiary alicyclic amines) is 1. The molecule has 2 heterocycles. The predicted octanol–water partition coefficient (Wildman–Crippen LogP) is 2.45. The van der Waals surface area contributed by atoms with Gasteiger partial charge in [0, 0.05) is 38.2 Å². The molecule has 0 saturated carbocycles. The van der Waals surface area contributed by atoms with Crippen molar-refractivity contribution in [2.75, 3.05) is 13.1 Å². The average Bonchev–Trinajstić information content (AvgIpc) is 3.07. The van der Waals surface area contributed by atoms with E-state index in [-0.39, 0.29) is 29.8 Å². The number of halogens is 1. The molecule has 1 aliphatic rings. The Morgan fingerprint density at radius 3 is 2.81 bits per heavy atom. The molecule has 1 aromatic heterocycles. The SMILES string of the molecule is Cc1cc(OC2CCN(C(=O)CCc3ccccc3F)C2)cc(=O)n1C. The quantitative estimate of drug-likeness (QED) is 0.825. The lowest BCUT2D eigenvalue weighted by Crippen LogP contribution is -2.31. The first-order chi connectivity index (χ1) is 12.4. The van der Waals surface area contributed by atoms with Gasteiger partial charge in [-0.05, 0) is 31.0 Å². The summed E-state index contributed by atoms with van der Waals surface area (Å²) in [5.41, 5.74) is 1.27. The second-order valence-corrected chi connectivity index (χ2v) is 6.69. The van der Waals surface area contributed by atoms with Crippen LogP contribution in [0.5, 0.6) is 5.75 Å². The third-order valence-corrected chi connectivity index (χ3v) is 4.84. The highest BCUT2D eigenvalue weighted by Gasteiger charge is 2.27. The smallest absolute Gasteiger partial charge is 0.254 e. The number of pyridine rings is 1. The molecule has 26 heavy (non-hydrogen) atoms. The maximum atomic E-state index is 13.6. The first kappa shape index (κ1) is 18.2. The molecule has 1 saturated heterocycles. The summed E-state index contributed by atoms with van der Waals surface area (Å²) >= 11 is 0. The van der Waals surface area contributed by atoms with Gasteiger partial charge < -0.3 is 14.2 Å². The Balaban J connectivity index is 1.54. The molecule has 1 aromatic carbocycles. The molecular formula is C20H23FN2O3. The van der Waals surface area contributed by atoms with Crippen LogP contribution >= 0.6 is 0 Å².